The van der Waals surface area contributed by atoms with Gasteiger partial charge in [0.05, 0.1) is 0 Å². The molecule has 0 amide bonds. The topological polar surface area (TPSA) is 12.0 Å². The molecular formula is C18H22BrN. The quantitative estimate of drug-likeness (QED) is 0.764. The summed E-state index contributed by atoms with van der Waals surface area (Å²) in [4.78, 5) is 0. The van der Waals surface area contributed by atoms with E-state index >= 15 is 0 Å². The zero-order valence-corrected chi connectivity index (χ0v) is 14.2. The summed E-state index contributed by atoms with van der Waals surface area (Å²) in [5.41, 5.74) is 5.27. The van der Waals surface area contributed by atoms with Crippen LogP contribution >= 0.6 is 15.9 Å². The van der Waals surface area contributed by atoms with Crippen LogP contribution in [-0.4, -0.2) is 0 Å². The number of para-hydroxylation sites is 1. The molecule has 2 rings (SSSR count). The molecule has 0 saturated heterocycles. The van der Waals surface area contributed by atoms with E-state index in [0.717, 1.165) is 6.54 Å². The molecular weight excluding hydrogens is 310 g/mol. The SMILES string of the molecule is Cc1ccc(CNc2ccccc2C(C)(C)C)cc1Br. The molecule has 0 heterocycles. The second-order valence-corrected chi connectivity index (χ2v) is 7.09. The Morgan fingerprint density at radius 3 is 2.40 bits per heavy atom. The standard InChI is InChI=1S/C18H22BrN/c1-13-9-10-14(11-16(13)19)12-20-17-8-6-5-7-15(17)18(2,3)4/h5-11,20H,12H2,1-4H3. The summed E-state index contributed by atoms with van der Waals surface area (Å²) in [5.74, 6) is 0. The summed E-state index contributed by atoms with van der Waals surface area (Å²) >= 11 is 3.59. The fraction of sp³-hybridized carbons (Fsp3) is 0.333. The van der Waals surface area contributed by atoms with Crippen molar-refractivity contribution in [3.05, 3.63) is 63.6 Å². The molecule has 2 aromatic rings. The Labute approximate surface area is 130 Å². The lowest BCUT2D eigenvalue weighted by atomic mass is 9.86. The Balaban J connectivity index is 2.17. The van der Waals surface area contributed by atoms with Crippen molar-refractivity contribution in [3.8, 4) is 0 Å². The highest BCUT2D eigenvalue weighted by atomic mass is 79.9. The number of hydrogen-bond donors (Lipinski definition) is 1. The third-order valence-corrected chi connectivity index (χ3v) is 4.31. The fourth-order valence-electron chi connectivity index (χ4n) is 2.23. The molecule has 0 atom stereocenters. The first-order chi connectivity index (χ1) is 9.38. The van der Waals surface area contributed by atoms with E-state index in [1.165, 1.54) is 26.9 Å². The lowest BCUT2D eigenvalue weighted by Crippen LogP contribution is -2.14. The number of rotatable bonds is 3. The normalized spacial score (nSPS) is 11.4. The van der Waals surface area contributed by atoms with Gasteiger partial charge in [0.1, 0.15) is 0 Å². The van der Waals surface area contributed by atoms with Gasteiger partial charge in [0.2, 0.25) is 0 Å². The predicted molar refractivity (Wildman–Crippen MR) is 91.3 cm³/mol. The second-order valence-electron chi connectivity index (χ2n) is 6.23. The first-order valence-corrected chi connectivity index (χ1v) is 7.75. The monoisotopic (exact) mass is 331 g/mol. The highest BCUT2D eigenvalue weighted by molar-refractivity contribution is 9.10. The molecule has 2 aromatic carbocycles. The van der Waals surface area contributed by atoms with Crippen molar-refractivity contribution < 1.29 is 0 Å². The summed E-state index contributed by atoms with van der Waals surface area (Å²) in [6.07, 6.45) is 0. The van der Waals surface area contributed by atoms with E-state index in [1.54, 1.807) is 0 Å². The summed E-state index contributed by atoms with van der Waals surface area (Å²) in [5, 5.41) is 3.56. The Morgan fingerprint density at radius 1 is 1.05 bits per heavy atom. The Bertz CT molecular complexity index is 597. The highest BCUT2D eigenvalue weighted by Gasteiger charge is 2.17. The van der Waals surface area contributed by atoms with Crippen LogP contribution in [0.2, 0.25) is 0 Å². The zero-order chi connectivity index (χ0) is 14.8. The van der Waals surface area contributed by atoms with Crippen LogP contribution in [0.1, 0.15) is 37.5 Å². The van der Waals surface area contributed by atoms with Gasteiger partial charge >= 0.3 is 0 Å². The van der Waals surface area contributed by atoms with Crippen LogP contribution in [0, 0.1) is 6.92 Å². The average Bonchev–Trinajstić information content (AvgIpc) is 2.39. The summed E-state index contributed by atoms with van der Waals surface area (Å²) in [6, 6.07) is 15.1. The van der Waals surface area contributed by atoms with Gasteiger partial charge in [-0.05, 0) is 41.2 Å². The van der Waals surface area contributed by atoms with Gasteiger partial charge in [-0.1, -0.05) is 67.0 Å². The van der Waals surface area contributed by atoms with Crippen molar-refractivity contribution in [2.45, 2.75) is 39.7 Å². The zero-order valence-electron chi connectivity index (χ0n) is 12.6. The average molecular weight is 332 g/mol. The molecule has 0 bridgehead atoms. The van der Waals surface area contributed by atoms with E-state index in [-0.39, 0.29) is 5.41 Å². The van der Waals surface area contributed by atoms with E-state index in [2.05, 4.69) is 91.4 Å². The molecule has 1 N–H and O–H groups in total. The maximum Gasteiger partial charge on any atom is 0.0401 e. The molecule has 0 aliphatic rings. The van der Waals surface area contributed by atoms with Crippen molar-refractivity contribution in [3.63, 3.8) is 0 Å². The second kappa shape index (κ2) is 6.01. The first kappa shape index (κ1) is 15.1. The van der Waals surface area contributed by atoms with E-state index in [9.17, 15) is 0 Å². The highest BCUT2D eigenvalue weighted by Crippen LogP contribution is 2.29. The van der Waals surface area contributed by atoms with Crippen LogP contribution in [0.25, 0.3) is 0 Å². The van der Waals surface area contributed by atoms with Crippen LogP contribution in [0.15, 0.2) is 46.9 Å². The largest absolute Gasteiger partial charge is 0.381 e. The smallest absolute Gasteiger partial charge is 0.0401 e. The van der Waals surface area contributed by atoms with Crippen LogP contribution in [-0.2, 0) is 12.0 Å². The number of benzene rings is 2. The predicted octanol–water partition coefficient (Wildman–Crippen LogP) is 5.67. The van der Waals surface area contributed by atoms with Gasteiger partial charge < -0.3 is 5.32 Å². The van der Waals surface area contributed by atoms with Crippen LogP contribution < -0.4 is 5.32 Å². The molecule has 0 saturated carbocycles. The summed E-state index contributed by atoms with van der Waals surface area (Å²) < 4.78 is 1.17. The molecule has 0 aliphatic carbocycles. The maximum absolute atomic E-state index is 3.59. The molecule has 0 radical (unpaired) electrons. The molecule has 0 fully saturated rings. The fourth-order valence-corrected chi connectivity index (χ4v) is 2.66. The Morgan fingerprint density at radius 2 is 1.75 bits per heavy atom. The number of aryl methyl sites for hydroxylation is 1. The van der Waals surface area contributed by atoms with Crippen molar-refractivity contribution in [2.75, 3.05) is 5.32 Å². The molecule has 2 heteroatoms. The number of halogens is 1. The van der Waals surface area contributed by atoms with Gasteiger partial charge in [-0.2, -0.15) is 0 Å². The van der Waals surface area contributed by atoms with Crippen LogP contribution in [0.4, 0.5) is 5.69 Å². The third-order valence-electron chi connectivity index (χ3n) is 3.45. The minimum atomic E-state index is 0.150. The van der Waals surface area contributed by atoms with Crippen LogP contribution in [0.5, 0.6) is 0 Å². The lowest BCUT2D eigenvalue weighted by Gasteiger charge is -2.23. The summed E-state index contributed by atoms with van der Waals surface area (Å²) in [6.45, 7) is 9.68. The minimum Gasteiger partial charge on any atom is -0.381 e. The lowest BCUT2D eigenvalue weighted by molar-refractivity contribution is 0.591. The minimum absolute atomic E-state index is 0.150. The van der Waals surface area contributed by atoms with Crippen molar-refractivity contribution in [1.29, 1.82) is 0 Å². The number of anilines is 1. The first-order valence-electron chi connectivity index (χ1n) is 6.96. The maximum atomic E-state index is 3.59. The Hall–Kier alpha value is -1.28. The molecule has 106 valence electrons. The van der Waals surface area contributed by atoms with E-state index in [4.69, 9.17) is 0 Å². The number of hydrogen-bond acceptors (Lipinski definition) is 1. The van der Waals surface area contributed by atoms with Crippen molar-refractivity contribution in [1.82, 2.24) is 0 Å². The molecule has 0 aliphatic heterocycles. The molecule has 0 unspecified atom stereocenters. The van der Waals surface area contributed by atoms with E-state index < -0.39 is 0 Å². The van der Waals surface area contributed by atoms with Crippen molar-refractivity contribution in [2.24, 2.45) is 0 Å². The molecule has 0 aromatic heterocycles. The molecule has 0 spiro atoms. The van der Waals surface area contributed by atoms with Gasteiger partial charge in [0.25, 0.3) is 0 Å². The van der Waals surface area contributed by atoms with Gasteiger partial charge in [-0.3, -0.25) is 0 Å². The summed E-state index contributed by atoms with van der Waals surface area (Å²) in [7, 11) is 0. The molecule has 20 heavy (non-hydrogen) atoms. The molecule has 1 nitrogen and oxygen atoms in total. The van der Waals surface area contributed by atoms with Crippen molar-refractivity contribution >= 4 is 21.6 Å². The van der Waals surface area contributed by atoms with E-state index in [1.807, 2.05) is 0 Å². The van der Waals surface area contributed by atoms with Gasteiger partial charge in [-0.25, -0.2) is 0 Å². The number of nitrogens with one attached hydrogen (secondary N) is 1. The van der Waals surface area contributed by atoms with E-state index in [0.29, 0.717) is 0 Å². The van der Waals surface area contributed by atoms with Gasteiger partial charge in [0, 0.05) is 16.7 Å². The van der Waals surface area contributed by atoms with Gasteiger partial charge in [0.15, 0.2) is 0 Å². The Kier molecular flexibility index (Phi) is 4.54. The third kappa shape index (κ3) is 3.63. The van der Waals surface area contributed by atoms with Crippen LogP contribution in [0.3, 0.4) is 0 Å². The van der Waals surface area contributed by atoms with Gasteiger partial charge in [-0.15, -0.1) is 0 Å².